The Bertz CT molecular complexity index is 1040. The van der Waals surface area contributed by atoms with Crippen LogP contribution in [0.1, 0.15) is 46.4 Å². The highest BCUT2D eigenvalue weighted by atomic mass is 19.1. The highest BCUT2D eigenvalue weighted by Crippen LogP contribution is 2.32. The number of benzene rings is 2. The SMILES string of the molecule is O=C1c2cc(F)ccc2OC[C@@H]2CCCN12.O=C1c2cccc(F)c2OC[C@@H]2CCCN12. The topological polar surface area (TPSA) is 59.1 Å². The van der Waals surface area contributed by atoms with Gasteiger partial charge < -0.3 is 19.3 Å². The second-order valence-corrected chi connectivity index (χ2v) is 8.47. The van der Waals surface area contributed by atoms with Gasteiger partial charge in [0, 0.05) is 13.1 Å². The van der Waals surface area contributed by atoms with Gasteiger partial charge in [-0.2, -0.15) is 0 Å². The number of ether oxygens (including phenoxy) is 2. The van der Waals surface area contributed by atoms with Crippen molar-refractivity contribution in [2.24, 2.45) is 0 Å². The molecule has 0 spiro atoms. The van der Waals surface area contributed by atoms with E-state index in [9.17, 15) is 18.4 Å². The number of amides is 2. The average molecular weight is 442 g/mol. The number of para-hydroxylation sites is 1. The van der Waals surface area contributed by atoms with Crippen LogP contribution in [0.15, 0.2) is 36.4 Å². The highest BCUT2D eigenvalue weighted by molar-refractivity contribution is 5.98. The van der Waals surface area contributed by atoms with Crippen molar-refractivity contribution in [1.82, 2.24) is 9.80 Å². The summed E-state index contributed by atoms with van der Waals surface area (Å²) in [5.74, 6) is -0.438. The zero-order chi connectivity index (χ0) is 22.2. The van der Waals surface area contributed by atoms with E-state index in [4.69, 9.17) is 9.47 Å². The van der Waals surface area contributed by atoms with Crippen LogP contribution < -0.4 is 9.47 Å². The zero-order valence-electron chi connectivity index (χ0n) is 17.6. The molecule has 2 fully saturated rings. The Morgan fingerprint density at radius 3 is 2.19 bits per heavy atom. The minimum atomic E-state index is -0.452. The van der Waals surface area contributed by atoms with Gasteiger partial charge in [0.15, 0.2) is 11.6 Å². The van der Waals surface area contributed by atoms with Crippen LogP contribution in [0.5, 0.6) is 11.5 Å². The monoisotopic (exact) mass is 442 g/mol. The van der Waals surface area contributed by atoms with Crippen molar-refractivity contribution in [2.75, 3.05) is 26.3 Å². The molecule has 2 aromatic rings. The fourth-order valence-electron chi connectivity index (χ4n) is 4.85. The predicted molar refractivity (Wildman–Crippen MR) is 112 cm³/mol. The molecule has 168 valence electrons. The number of carbonyl (C=O) groups is 2. The van der Waals surface area contributed by atoms with E-state index in [0.29, 0.717) is 30.1 Å². The van der Waals surface area contributed by atoms with E-state index in [1.165, 1.54) is 24.3 Å². The lowest BCUT2D eigenvalue weighted by Gasteiger charge is -2.20. The summed E-state index contributed by atoms with van der Waals surface area (Å²) >= 11 is 0. The average Bonchev–Trinajstić information content (AvgIpc) is 3.41. The summed E-state index contributed by atoms with van der Waals surface area (Å²) in [5, 5.41) is 0. The number of rotatable bonds is 0. The Balaban J connectivity index is 0.000000135. The first-order valence-electron chi connectivity index (χ1n) is 11.0. The second kappa shape index (κ2) is 8.41. The molecule has 0 saturated carbocycles. The minimum absolute atomic E-state index is 0.102. The van der Waals surface area contributed by atoms with E-state index in [1.807, 2.05) is 0 Å². The Morgan fingerprint density at radius 1 is 0.812 bits per heavy atom. The molecule has 2 saturated heterocycles. The minimum Gasteiger partial charge on any atom is -0.491 e. The Morgan fingerprint density at radius 2 is 1.47 bits per heavy atom. The van der Waals surface area contributed by atoms with Crippen LogP contribution in [0, 0.1) is 11.6 Å². The summed E-state index contributed by atoms with van der Waals surface area (Å²) < 4.78 is 37.6. The molecule has 4 aliphatic heterocycles. The van der Waals surface area contributed by atoms with Crippen LogP contribution in [-0.4, -0.2) is 60.0 Å². The van der Waals surface area contributed by atoms with Gasteiger partial charge in [-0.3, -0.25) is 9.59 Å². The van der Waals surface area contributed by atoms with Crippen LogP contribution in [0.2, 0.25) is 0 Å². The van der Waals surface area contributed by atoms with Crippen molar-refractivity contribution in [3.05, 3.63) is 59.2 Å². The van der Waals surface area contributed by atoms with E-state index in [0.717, 1.165) is 38.8 Å². The van der Waals surface area contributed by atoms with Gasteiger partial charge in [0.1, 0.15) is 24.8 Å². The van der Waals surface area contributed by atoms with Gasteiger partial charge in [-0.05, 0) is 56.0 Å². The van der Waals surface area contributed by atoms with Crippen molar-refractivity contribution in [2.45, 2.75) is 37.8 Å². The van der Waals surface area contributed by atoms with Crippen LogP contribution in [0.3, 0.4) is 0 Å². The van der Waals surface area contributed by atoms with Gasteiger partial charge in [0.25, 0.3) is 11.8 Å². The maximum Gasteiger partial charge on any atom is 0.258 e. The molecule has 0 unspecified atom stereocenters. The number of halogens is 2. The van der Waals surface area contributed by atoms with Crippen LogP contribution in [0.25, 0.3) is 0 Å². The standard InChI is InChI=1S/2C12H12FNO2/c13-10-5-1-4-9-11(10)16-7-8-3-2-6-14(8)12(9)15;13-8-3-4-11-10(6-8)12(15)14-5-1-2-9(14)7-16-11/h1,4-5,8H,2-3,6-7H2;3-4,6,9H,1-2,5,7H2/t8-;9-/m00/s1. The number of fused-ring (bicyclic) bond motifs is 4. The quantitative estimate of drug-likeness (QED) is 0.625. The van der Waals surface area contributed by atoms with E-state index in [2.05, 4.69) is 0 Å². The maximum absolute atomic E-state index is 13.5. The predicted octanol–water partition coefficient (Wildman–Crippen LogP) is 3.65. The van der Waals surface area contributed by atoms with Crippen molar-refractivity contribution in [3.8, 4) is 11.5 Å². The molecule has 0 aliphatic carbocycles. The molecular weight excluding hydrogens is 418 g/mol. The first kappa shape index (κ1) is 20.7. The van der Waals surface area contributed by atoms with Gasteiger partial charge in [0.05, 0.1) is 23.2 Å². The molecule has 4 heterocycles. The lowest BCUT2D eigenvalue weighted by molar-refractivity contribution is 0.0719. The number of carbonyl (C=O) groups excluding carboxylic acids is 2. The third-order valence-corrected chi connectivity index (χ3v) is 6.50. The number of hydrogen-bond donors (Lipinski definition) is 0. The molecule has 6 rings (SSSR count). The number of hydrogen-bond acceptors (Lipinski definition) is 4. The second-order valence-electron chi connectivity index (χ2n) is 8.47. The molecule has 0 radical (unpaired) electrons. The molecule has 2 aromatic carbocycles. The lowest BCUT2D eigenvalue weighted by atomic mass is 10.1. The molecule has 0 aromatic heterocycles. The molecule has 32 heavy (non-hydrogen) atoms. The summed E-state index contributed by atoms with van der Waals surface area (Å²) in [6.45, 7) is 2.43. The summed E-state index contributed by atoms with van der Waals surface area (Å²) in [7, 11) is 0. The third kappa shape index (κ3) is 3.67. The van der Waals surface area contributed by atoms with E-state index in [1.54, 1.807) is 21.9 Å². The van der Waals surface area contributed by atoms with Gasteiger partial charge in [-0.25, -0.2) is 8.78 Å². The summed E-state index contributed by atoms with van der Waals surface area (Å²) in [6, 6.07) is 8.88. The van der Waals surface area contributed by atoms with Gasteiger partial charge in [0.2, 0.25) is 0 Å². The molecule has 2 amide bonds. The highest BCUT2D eigenvalue weighted by Gasteiger charge is 2.35. The van der Waals surface area contributed by atoms with E-state index >= 15 is 0 Å². The van der Waals surface area contributed by atoms with Gasteiger partial charge in [-0.1, -0.05) is 6.07 Å². The molecule has 0 bridgehead atoms. The smallest absolute Gasteiger partial charge is 0.258 e. The first-order valence-corrected chi connectivity index (χ1v) is 11.0. The molecular formula is C24H24F2N2O4. The van der Waals surface area contributed by atoms with E-state index < -0.39 is 11.6 Å². The maximum atomic E-state index is 13.5. The molecule has 2 atom stereocenters. The normalized spacial score (nSPS) is 23.4. The third-order valence-electron chi connectivity index (χ3n) is 6.50. The summed E-state index contributed by atoms with van der Waals surface area (Å²) in [6.07, 6.45) is 3.93. The van der Waals surface area contributed by atoms with Crippen molar-refractivity contribution < 1.29 is 27.8 Å². The van der Waals surface area contributed by atoms with Crippen molar-refractivity contribution in [3.63, 3.8) is 0 Å². The van der Waals surface area contributed by atoms with Crippen LogP contribution >= 0.6 is 0 Å². The van der Waals surface area contributed by atoms with Crippen LogP contribution in [0.4, 0.5) is 8.78 Å². The summed E-state index contributed by atoms with van der Waals surface area (Å²) in [5.41, 5.74) is 0.703. The fraction of sp³-hybridized carbons (Fsp3) is 0.417. The first-order chi connectivity index (χ1) is 15.5. The van der Waals surface area contributed by atoms with Gasteiger partial charge >= 0.3 is 0 Å². The van der Waals surface area contributed by atoms with Gasteiger partial charge in [-0.15, -0.1) is 0 Å². The largest absolute Gasteiger partial charge is 0.491 e. The Kier molecular flexibility index (Phi) is 5.45. The zero-order valence-corrected chi connectivity index (χ0v) is 17.6. The fourth-order valence-corrected chi connectivity index (χ4v) is 4.85. The Hall–Kier alpha value is -3.16. The number of nitrogens with zero attached hydrogens (tertiary/aromatic N) is 2. The molecule has 0 N–H and O–H groups in total. The van der Waals surface area contributed by atoms with Crippen molar-refractivity contribution >= 4 is 11.8 Å². The lowest BCUT2D eigenvalue weighted by Crippen LogP contribution is -2.36. The van der Waals surface area contributed by atoms with E-state index in [-0.39, 0.29) is 29.6 Å². The molecule has 6 nitrogen and oxygen atoms in total. The Labute approximate surface area is 184 Å². The van der Waals surface area contributed by atoms with Crippen molar-refractivity contribution in [1.29, 1.82) is 0 Å². The molecule has 4 aliphatic rings. The summed E-state index contributed by atoms with van der Waals surface area (Å²) in [4.78, 5) is 27.9. The molecule has 8 heteroatoms. The van der Waals surface area contributed by atoms with Crippen LogP contribution in [-0.2, 0) is 0 Å².